The molecule has 1 amide bonds. The van der Waals surface area contributed by atoms with Gasteiger partial charge in [0.15, 0.2) is 0 Å². The van der Waals surface area contributed by atoms with Crippen LogP contribution in [0.4, 0.5) is 0 Å². The van der Waals surface area contributed by atoms with Crippen LogP contribution >= 0.6 is 23.2 Å². The molecule has 1 aromatic heterocycles. The fourth-order valence-corrected chi connectivity index (χ4v) is 4.14. The summed E-state index contributed by atoms with van der Waals surface area (Å²) in [6, 6.07) is 14.3. The molecule has 29 heavy (non-hydrogen) atoms. The number of hydrogen-bond donors (Lipinski definition) is 0. The number of carbonyl (C=O) groups excluding carboxylic acids is 1. The van der Waals surface area contributed by atoms with Crippen LogP contribution in [-0.2, 0) is 7.05 Å². The number of para-hydroxylation sites is 1. The highest BCUT2D eigenvalue weighted by atomic mass is 35.5. The number of benzene rings is 2. The summed E-state index contributed by atoms with van der Waals surface area (Å²) in [7, 11) is 1.64. The minimum atomic E-state index is -0.201. The van der Waals surface area contributed by atoms with Gasteiger partial charge in [-0.2, -0.15) is 5.10 Å². The predicted molar refractivity (Wildman–Crippen MR) is 113 cm³/mol. The van der Waals surface area contributed by atoms with Crippen molar-refractivity contribution in [2.24, 2.45) is 7.05 Å². The van der Waals surface area contributed by atoms with Gasteiger partial charge in [-0.15, -0.1) is 0 Å². The first-order valence-corrected chi connectivity index (χ1v) is 10.2. The van der Waals surface area contributed by atoms with Crippen LogP contribution in [-0.4, -0.2) is 38.2 Å². The van der Waals surface area contributed by atoms with E-state index in [2.05, 4.69) is 5.10 Å². The number of halogens is 2. The van der Waals surface area contributed by atoms with E-state index in [-0.39, 0.29) is 17.5 Å². The fraction of sp³-hybridized carbons (Fsp3) is 0.286. The summed E-state index contributed by atoms with van der Waals surface area (Å²) in [6.45, 7) is 1.09. The Bertz CT molecular complexity index is 1110. The lowest BCUT2D eigenvalue weighted by atomic mass is 9.96. The highest BCUT2D eigenvalue weighted by Crippen LogP contribution is 2.29. The average molecular weight is 431 g/mol. The molecular formula is C21H20Cl2N4O2. The molecule has 2 aromatic carbocycles. The van der Waals surface area contributed by atoms with Gasteiger partial charge >= 0.3 is 5.69 Å². The van der Waals surface area contributed by atoms with Gasteiger partial charge in [-0.3, -0.25) is 4.79 Å². The van der Waals surface area contributed by atoms with Gasteiger partial charge in [0.1, 0.15) is 5.82 Å². The third kappa shape index (κ3) is 3.82. The van der Waals surface area contributed by atoms with Crippen LogP contribution in [0.3, 0.4) is 0 Å². The molecule has 0 aliphatic carbocycles. The Morgan fingerprint density at radius 1 is 1.14 bits per heavy atom. The number of hydrogen-bond acceptors (Lipinski definition) is 3. The summed E-state index contributed by atoms with van der Waals surface area (Å²) in [6.07, 6.45) is 1.66. The van der Waals surface area contributed by atoms with Crippen LogP contribution < -0.4 is 5.69 Å². The second-order valence-electron chi connectivity index (χ2n) is 7.15. The zero-order chi connectivity index (χ0) is 20.5. The lowest BCUT2D eigenvalue weighted by Gasteiger charge is -2.32. The lowest BCUT2D eigenvalue weighted by molar-refractivity contribution is 0.0704. The Balaban J connectivity index is 1.66. The highest BCUT2D eigenvalue weighted by molar-refractivity contribution is 6.35. The first kappa shape index (κ1) is 19.7. The van der Waals surface area contributed by atoms with E-state index in [1.54, 1.807) is 34.7 Å². The molecule has 3 aromatic rings. The molecule has 1 saturated heterocycles. The number of nitrogens with zero attached hydrogens (tertiary/aromatic N) is 4. The van der Waals surface area contributed by atoms with Crippen LogP contribution in [0.1, 0.15) is 34.9 Å². The summed E-state index contributed by atoms with van der Waals surface area (Å²) < 4.78 is 2.97. The normalized spacial score (nSPS) is 16.8. The van der Waals surface area contributed by atoms with Crippen molar-refractivity contribution in [3.8, 4) is 5.69 Å². The molecule has 1 aliphatic heterocycles. The van der Waals surface area contributed by atoms with E-state index in [0.29, 0.717) is 34.5 Å². The van der Waals surface area contributed by atoms with E-state index >= 15 is 0 Å². The molecule has 1 atom stereocenters. The second-order valence-corrected chi connectivity index (χ2v) is 7.99. The Morgan fingerprint density at radius 3 is 2.66 bits per heavy atom. The van der Waals surface area contributed by atoms with E-state index in [9.17, 15) is 9.59 Å². The summed E-state index contributed by atoms with van der Waals surface area (Å²) in [4.78, 5) is 27.5. The largest absolute Gasteiger partial charge is 0.350 e. The number of piperidine rings is 1. The van der Waals surface area contributed by atoms with Gasteiger partial charge in [-0.25, -0.2) is 14.0 Å². The first-order valence-electron chi connectivity index (χ1n) is 9.41. The summed E-state index contributed by atoms with van der Waals surface area (Å²) in [5.74, 6) is 0.449. The van der Waals surface area contributed by atoms with Crippen LogP contribution in [0.5, 0.6) is 0 Å². The standard InChI is InChI=1S/C21H20Cl2N4O2/c1-25-21(29)27(16-7-3-2-4-8-16)19(24-25)14-6-5-11-26(13-14)20(28)17-12-15(22)9-10-18(17)23/h2-4,7-10,12,14H,5-6,11,13H2,1H3. The predicted octanol–water partition coefficient (Wildman–Crippen LogP) is 3.90. The monoisotopic (exact) mass is 430 g/mol. The van der Waals surface area contributed by atoms with Gasteiger partial charge < -0.3 is 4.90 Å². The Kier molecular flexibility index (Phi) is 5.48. The van der Waals surface area contributed by atoms with E-state index in [0.717, 1.165) is 18.5 Å². The molecule has 0 saturated carbocycles. The molecule has 0 radical (unpaired) electrons. The molecule has 8 heteroatoms. The van der Waals surface area contributed by atoms with Crippen LogP contribution in [0, 0.1) is 0 Å². The Morgan fingerprint density at radius 2 is 1.90 bits per heavy atom. The fourth-order valence-electron chi connectivity index (χ4n) is 3.77. The van der Waals surface area contributed by atoms with Crippen molar-refractivity contribution >= 4 is 29.1 Å². The van der Waals surface area contributed by atoms with Crippen molar-refractivity contribution in [2.75, 3.05) is 13.1 Å². The van der Waals surface area contributed by atoms with Crippen LogP contribution in [0.15, 0.2) is 53.3 Å². The number of amides is 1. The van der Waals surface area contributed by atoms with Crippen molar-refractivity contribution in [1.82, 2.24) is 19.2 Å². The Labute approximate surface area is 178 Å². The molecule has 150 valence electrons. The molecule has 2 heterocycles. The average Bonchev–Trinajstić information content (AvgIpc) is 3.04. The maximum Gasteiger partial charge on any atom is 0.350 e. The third-order valence-corrected chi connectivity index (χ3v) is 5.76. The van der Waals surface area contributed by atoms with Gasteiger partial charge in [0, 0.05) is 31.1 Å². The van der Waals surface area contributed by atoms with Crippen molar-refractivity contribution in [2.45, 2.75) is 18.8 Å². The highest BCUT2D eigenvalue weighted by Gasteiger charge is 2.30. The Hall–Kier alpha value is -2.57. The summed E-state index contributed by atoms with van der Waals surface area (Å²) >= 11 is 12.3. The molecule has 1 aliphatic rings. The number of likely N-dealkylation sites (tertiary alicyclic amines) is 1. The first-order chi connectivity index (χ1) is 14.0. The van der Waals surface area contributed by atoms with Gasteiger partial charge in [0.05, 0.1) is 16.3 Å². The molecule has 0 N–H and O–H groups in total. The van der Waals surface area contributed by atoms with Gasteiger partial charge in [0.25, 0.3) is 5.91 Å². The van der Waals surface area contributed by atoms with Crippen molar-refractivity contribution in [1.29, 1.82) is 0 Å². The summed E-state index contributed by atoms with van der Waals surface area (Å²) in [5, 5.41) is 5.33. The van der Waals surface area contributed by atoms with Gasteiger partial charge in [-0.05, 0) is 43.2 Å². The SMILES string of the molecule is Cn1nc(C2CCCN(C(=O)c3cc(Cl)ccc3Cl)C2)n(-c2ccccc2)c1=O. The lowest BCUT2D eigenvalue weighted by Crippen LogP contribution is -2.40. The van der Waals surface area contributed by atoms with E-state index in [1.807, 2.05) is 30.3 Å². The number of aryl methyl sites for hydroxylation is 1. The minimum absolute atomic E-state index is 0.0558. The maximum absolute atomic E-state index is 13.1. The summed E-state index contributed by atoms with van der Waals surface area (Å²) in [5.41, 5.74) is 0.954. The van der Waals surface area contributed by atoms with E-state index < -0.39 is 0 Å². The third-order valence-electron chi connectivity index (χ3n) is 5.20. The smallest absolute Gasteiger partial charge is 0.338 e. The number of carbonyl (C=O) groups is 1. The second kappa shape index (κ2) is 8.05. The molecule has 1 fully saturated rings. The van der Waals surface area contributed by atoms with Crippen LogP contribution in [0.25, 0.3) is 5.69 Å². The molecule has 4 rings (SSSR count). The quantitative estimate of drug-likeness (QED) is 0.632. The molecular weight excluding hydrogens is 411 g/mol. The molecule has 0 bridgehead atoms. The number of rotatable bonds is 3. The van der Waals surface area contributed by atoms with E-state index in [4.69, 9.17) is 23.2 Å². The molecule has 1 unspecified atom stereocenters. The van der Waals surface area contributed by atoms with E-state index in [1.165, 1.54) is 4.68 Å². The zero-order valence-electron chi connectivity index (χ0n) is 15.9. The zero-order valence-corrected chi connectivity index (χ0v) is 17.4. The van der Waals surface area contributed by atoms with Gasteiger partial charge in [0.2, 0.25) is 0 Å². The van der Waals surface area contributed by atoms with Crippen molar-refractivity contribution in [3.05, 3.63) is 80.4 Å². The topological polar surface area (TPSA) is 60.1 Å². The van der Waals surface area contributed by atoms with Crippen LogP contribution in [0.2, 0.25) is 10.0 Å². The molecule has 0 spiro atoms. The minimum Gasteiger partial charge on any atom is -0.338 e. The molecule has 6 nitrogen and oxygen atoms in total. The van der Waals surface area contributed by atoms with Crippen molar-refractivity contribution in [3.63, 3.8) is 0 Å². The van der Waals surface area contributed by atoms with Crippen molar-refractivity contribution < 1.29 is 4.79 Å². The van der Waals surface area contributed by atoms with Gasteiger partial charge in [-0.1, -0.05) is 41.4 Å². The maximum atomic E-state index is 13.1. The number of aromatic nitrogens is 3.